The van der Waals surface area contributed by atoms with Gasteiger partial charge in [-0.1, -0.05) is 12.1 Å². The minimum absolute atomic E-state index is 0.141. The van der Waals surface area contributed by atoms with Crippen molar-refractivity contribution in [2.45, 2.75) is 23.8 Å². The predicted molar refractivity (Wildman–Crippen MR) is 97.3 cm³/mol. The number of hydrogen-bond donors (Lipinski definition) is 1. The van der Waals surface area contributed by atoms with Crippen LogP contribution in [0.4, 0.5) is 10.1 Å². The summed E-state index contributed by atoms with van der Waals surface area (Å²) in [5, 5.41) is 14.7. The highest BCUT2D eigenvalue weighted by atomic mass is 32.2. The number of halogens is 1. The second kappa shape index (κ2) is 7.25. The number of anilines is 1. The summed E-state index contributed by atoms with van der Waals surface area (Å²) in [5.74, 6) is 0.375. The lowest BCUT2D eigenvalue weighted by Gasteiger charge is -2.07. The average Bonchev–Trinajstić information content (AvgIpc) is 3.38. The van der Waals surface area contributed by atoms with Gasteiger partial charge in [-0.15, -0.1) is 16.9 Å². The monoisotopic (exact) mass is 369 g/mol. The SMILES string of the molecule is O=C(CSc1ccccc1F)Nc1ccc(-c2nnnn2C2CC2)cc1. The maximum absolute atomic E-state index is 13.6. The number of tetrazole rings is 1. The van der Waals surface area contributed by atoms with Gasteiger partial charge in [0.15, 0.2) is 5.82 Å². The fraction of sp³-hybridized carbons (Fsp3) is 0.222. The molecule has 132 valence electrons. The van der Waals surface area contributed by atoms with Crippen molar-refractivity contribution >= 4 is 23.4 Å². The smallest absolute Gasteiger partial charge is 0.234 e. The zero-order valence-electron chi connectivity index (χ0n) is 13.8. The van der Waals surface area contributed by atoms with Crippen molar-refractivity contribution in [1.82, 2.24) is 20.2 Å². The highest BCUT2D eigenvalue weighted by Gasteiger charge is 2.28. The van der Waals surface area contributed by atoms with E-state index in [0.29, 0.717) is 16.6 Å². The van der Waals surface area contributed by atoms with Crippen molar-refractivity contribution in [3.63, 3.8) is 0 Å². The lowest BCUT2D eigenvalue weighted by molar-refractivity contribution is -0.113. The number of hydrogen-bond acceptors (Lipinski definition) is 5. The average molecular weight is 369 g/mol. The van der Waals surface area contributed by atoms with Gasteiger partial charge in [-0.25, -0.2) is 9.07 Å². The molecule has 1 amide bonds. The molecule has 1 aliphatic rings. The number of benzene rings is 2. The molecule has 4 rings (SSSR count). The number of amides is 1. The van der Waals surface area contributed by atoms with Crippen molar-refractivity contribution < 1.29 is 9.18 Å². The van der Waals surface area contributed by atoms with Crippen LogP contribution in [-0.4, -0.2) is 31.9 Å². The predicted octanol–water partition coefficient (Wildman–Crippen LogP) is 3.54. The molecule has 0 spiro atoms. The van der Waals surface area contributed by atoms with E-state index in [4.69, 9.17) is 0 Å². The van der Waals surface area contributed by atoms with Crippen LogP contribution in [0.3, 0.4) is 0 Å². The van der Waals surface area contributed by atoms with Gasteiger partial charge in [0.1, 0.15) is 5.82 Å². The maximum atomic E-state index is 13.6. The second-order valence-electron chi connectivity index (χ2n) is 6.02. The Morgan fingerprint density at radius 3 is 2.69 bits per heavy atom. The van der Waals surface area contributed by atoms with Gasteiger partial charge < -0.3 is 5.32 Å². The molecule has 1 saturated carbocycles. The van der Waals surface area contributed by atoms with Gasteiger partial charge in [-0.2, -0.15) is 0 Å². The number of nitrogens with one attached hydrogen (secondary N) is 1. The Bertz CT molecular complexity index is 923. The summed E-state index contributed by atoms with van der Waals surface area (Å²) in [6, 6.07) is 14.2. The standard InChI is InChI=1S/C18H16FN5OS/c19-15-3-1-2-4-16(15)26-11-17(25)20-13-7-5-12(6-8-13)18-21-22-23-24(18)14-9-10-14/h1-8,14H,9-11H2,(H,20,25). The molecule has 1 heterocycles. The van der Waals surface area contributed by atoms with Gasteiger partial charge in [-0.05, 0) is 59.7 Å². The Morgan fingerprint density at radius 1 is 1.19 bits per heavy atom. The molecule has 8 heteroatoms. The van der Waals surface area contributed by atoms with E-state index in [1.165, 1.54) is 17.8 Å². The van der Waals surface area contributed by atoms with Crippen molar-refractivity contribution in [3.8, 4) is 11.4 Å². The Hall–Kier alpha value is -2.74. The number of aromatic nitrogens is 4. The summed E-state index contributed by atoms with van der Waals surface area (Å²) in [6.07, 6.45) is 2.21. The van der Waals surface area contributed by atoms with Gasteiger partial charge in [0.25, 0.3) is 0 Å². The van der Waals surface area contributed by atoms with E-state index in [0.717, 1.165) is 24.2 Å². The molecule has 0 saturated heterocycles. The summed E-state index contributed by atoms with van der Waals surface area (Å²) in [7, 11) is 0. The number of carbonyl (C=O) groups excluding carboxylic acids is 1. The van der Waals surface area contributed by atoms with E-state index in [9.17, 15) is 9.18 Å². The Kier molecular flexibility index (Phi) is 4.66. The van der Waals surface area contributed by atoms with E-state index in [-0.39, 0.29) is 17.5 Å². The van der Waals surface area contributed by atoms with Crippen molar-refractivity contribution in [2.24, 2.45) is 0 Å². The fourth-order valence-corrected chi connectivity index (χ4v) is 3.29. The van der Waals surface area contributed by atoms with E-state index in [1.54, 1.807) is 18.2 Å². The zero-order valence-corrected chi connectivity index (χ0v) is 14.6. The van der Waals surface area contributed by atoms with Crippen LogP contribution in [0.2, 0.25) is 0 Å². The van der Waals surface area contributed by atoms with Gasteiger partial charge in [0.2, 0.25) is 5.91 Å². The van der Waals surface area contributed by atoms with Crippen LogP contribution in [0.25, 0.3) is 11.4 Å². The van der Waals surface area contributed by atoms with Gasteiger partial charge in [-0.3, -0.25) is 4.79 Å². The number of thioether (sulfide) groups is 1. The number of rotatable bonds is 6. The van der Waals surface area contributed by atoms with Crippen molar-refractivity contribution in [3.05, 3.63) is 54.3 Å². The zero-order chi connectivity index (χ0) is 17.9. The van der Waals surface area contributed by atoms with E-state index >= 15 is 0 Å². The fourth-order valence-electron chi connectivity index (χ4n) is 2.55. The highest BCUT2D eigenvalue weighted by Crippen LogP contribution is 2.36. The quantitative estimate of drug-likeness (QED) is 0.673. The lowest BCUT2D eigenvalue weighted by atomic mass is 10.2. The topological polar surface area (TPSA) is 72.7 Å². The first kappa shape index (κ1) is 16.7. The lowest BCUT2D eigenvalue weighted by Crippen LogP contribution is -2.14. The van der Waals surface area contributed by atoms with Crippen LogP contribution in [0.15, 0.2) is 53.4 Å². The van der Waals surface area contributed by atoms with E-state index < -0.39 is 0 Å². The third kappa shape index (κ3) is 3.75. The normalized spacial score (nSPS) is 13.6. The second-order valence-corrected chi connectivity index (χ2v) is 7.04. The molecule has 0 bridgehead atoms. The molecule has 26 heavy (non-hydrogen) atoms. The molecule has 2 aromatic carbocycles. The van der Waals surface area contributed by atoms with E-state index in [1.807, 2.05) is 28.9 Å². The van der Waals surface area contributed by atoms with Crippen LogP contribution < -0.4 is 5.32 Å². The van der Waals surface area contributed by atoms with Crippen molar-refractivity contribution in [1.29, 1.82) is 0 Å². The molecule has 3 aromatic rings. The Balaban J connectivity index is 1.37. The Morgan fingerprint density at radius 2 is 1.96 bits per heavy atom. The molecule has 1 aromatic heterocycles. The molecule has 0 radical (unpaired) electrons. The Labute approximate surface area is 153 Å². The molecular formula is C18H16FN5OS. The van der Waals surface area contributed by atoms with Gasteiger partial charge >= 0.3 is 0 Å². The summed E-state index contributed by atoms with van der Waals surface area (Å²) in [5.41, 5.74) is 1.58. The van der Waals surface area contributed by atoms with Crippen LogP contribution in [-0.2, 0) is 4.79 Å². The summed E-state index contributed by atoms with van der Waals surface area (Å²) < 4.78 is 15.4. The first-order valence-electron chi connectivity index (χ1n) is 8.26. The first-order valence-corrected chi connectivity index (χ1v) is 9.25. The molecular weight excluding hydrogens is 353 g/mol. The highest BCUT2D eigenvalue weighted by molar-refractivity contribution is 8.00. The summed E-state index contributed by atoms with van der Waals surface area (Å²) >= 11 is 1.17. The van der Waals surface area contributed by atoms with Gasteiger partial charge in [0.05, 0.1) is 11.8 Å². The van der Waals surface area contributed by atoms with Crippen LogP contribution in [0.5, 0.6) is 0 Å². The largest absolute Gasteiger partial charge is 0.325 e. The summed E-state index contributed by atoms with van der Waals surface area (Å²) in [4.78, 5) is 12.5. The molecule has 1 aliphatic carbocycles. The van der Waals surface area contributed by atoms with Gasteiger partial charge in [0, 0.05) is 16.1 Å². The number of carbonyl (C=O) groups is 1. The minimum atomic E-state index is -0.317. The van der Waals surface area contributed by atoms with Crippen LogP contribution in [0.1, 0.15) is 18.9 Å². The molecule has 0 atom stereocenters. The molecule has 1 fully saturated rings. The summed E-state index contributed by atoms with van der Waals surface area (Å²) in [6.45, 7) is 0. The third-order valence-corrected chi connectivity index (χ3v) is 5.06. The van der Waals surface area contributed by atoms with Crippen LogP contribution in [0, 0.1) is 5.82 Å². The van der Waals surface area contributed by atoms with Crippen LogP contribution >= 0.6 is 11.8 Å². The third-order valence-electron chi connectivity index (χ3n) is 4.01. The molecule has 1 N–H and O–H groups in total. The van der Waals surface area contributed by atoms with E-state index in [2.05, 4.69) is 20.8 Å². The number of nitrogens with zero attached hydrogens (tertiary/aromatic N) is 4. The molecule has 0 unspecified atom stereocenters. The minimum Gasteiger partial charge on any atom is -0.325 e. The molecule has 0 aliphatic heterocycles. The maximum Gasteiger partial charge on any atom is 0.234 e. The first-order chi connectivity index (χ1) is 12.7. The molecule has 6 nitrogen and oxygen atoms in total. The van der Waals surface area contributed by atoms with Crippen molar-refractivity contribution in [2.75, 3.05) is 11.1 Å².